The Morgan fingerprint density at radius 2 is 1.77 bits per heavy atom. The second-order valence-electron chi connectivity index (χ2n) is 8.13. The molecular weight excluding hydrogens is 398 g/mol. The van der Waals surface area contributed by atoms with E-state index >= 15 is 0 Å². The Morgan fingerprint density at radius 1 is 1.03 bits per heavy atom. The van der Waals surface area contributed by atoms with E-state index < -0.39 is 4.92 Å². The summed E-state index contributed by atoms with van der Waals surface area (Å²) in [6, 6.07) is 12.0. The Kier molecular flexibility index (Phi) is 4.72. The van der Waals surface area contributed by atoms with Gasteiger partial charge in [0.25, 0.3) is 11.6 Å². The van der Waals surface area contributed by atoms with Crippen LogP contribution in [0.5, 0.6) is 0 Å². The van der Waals surface area contributed by atoms with Crippen molar-refractivity contribution in [2.75, 3.05) is 47.8 Å². The number of rotatable bonds is 3. The molecule has 160 valence electrons. The molecule has 9 nitrogen and oxygen atoms in total. The minimum atomic E-state index is -0.411. The van der Waals surface area contributed by atoms with Crippen molar-refractivity contribution in [3.8, 4) is 0 Å². The molecule has 2 saturated heterocycles. The molecule has 0 saturated carbocycles. The lowest BCUT2D eigenvalue weighted by Crippen LogP contribution is -2.49. The van der Waals surface area contributed by atoms with Crippen molar-refractivity contribution in [3.05, 3.63) is 58.1 Å². The molecule has 2 amide bonds. The van der Waals surface area contributed by atoms with Crippen LogP contribution < -0.4 is 15.1 Å². The smallest absolute Gasteiger partial charge is 0.269 e. The Hall–Kier alpha value is -3.62. The number of carbonyl (C=O) groups is 2. The van der Waals surface area contributed by atoms with Crippen LogP contribution in [0.15, 0.2) is 42.5 Å². The number of hydrogen-bond donors (Lipinski definition) is 1. The van der Waals surface area contributed by atoms with Crippen molar-refractivity contribution in [2.24, 2.45) is 0 Å². The first-order valence-electron chi connectivity index (χ1n) is 10.5. The second-order valence-corrected chi connectivity index (χ2v) is 8.13. The summed E-state index contributed by atoms with van der Waals surface area (Å²) in [5.74, 6) is -0.0461. The van der Waals surface area contributed by atoms with Crippen LogP contribution in [-0.4, -0.2) is 60.4 Å². The number of hydrogen-bond acceptors (Lipinski definition) is 6. The Balaban J connectivity index is 1.26. The van der Waals surface area contributed by atoms with Gasteiger partial charge in [-0.15, -0.1) is 0 Å². The first kappa shape index (κ1) is 19.3. The zero-order chi connectivity index (χ0) is 21.5. The van der Waals surface area contributed by atoms with Gasteiger partial charge in [-0.1, -0.05) is 0 Å². The molecule has 0 aliphatic carbocycles. The Morgan fingerprint density at radius 3 is 2.48 bits per heavy atom. The van der Waals surface area contributed by atoms with Gasteiger partial charge in [0, 0.05) is 56.1 Å². The van der Waals surface area contributed by atoms with Gasteiger partial charge in [-0.05, 0) is 43.2 Å². The van der Waals surface area contributed by atoms with E-state index in [1.54, 1.807) is 18.2 Å². The van der Waals surface area contributed by atoms with E-state index in [9.17, 15) is 19.7 Å². The fourth-order valence-electron chi connectivity index (χ4n) is 4.70. The van der Waals surface area contributed by atoms with Gasteiger partial charge in [0.2, 0.25) is 5.91 Å². The Bertz CT molecular complexity index is 1050. The molecule has 31 heavy (non-hydrogen) atoms. The SMILES string of the molecule is O=C1Nc2cc(C(=O)N3CCN(c4ccc([N+](=O)[O-])cc4)CC3)ccc2N2CCC[C@H]12. The topological polar surface area (TPSA) is 99.0 Å². The molecule has 9 heteroatoms. The van der Waals surface area contributed by atoms with Crippen molar-refractivity contribution < 1.29 is 14.5 Å². The summed E-state index contributed by atoms with van der Waals surface area (Å²) in [6.45, 7) is 3.30. The van der Waals surface area contributed by atoms with Crippen LogP contribution in [-0.2, 0) is 4.79 Å². The molecule has 5 rings (SSSR count). The van der Waals surface area contributed by atoms with Crippen LogP contribution in [0.2, 0.25) is 0 Å². The van der Waals surface area contributed by atoms with Crippen molar-refractivity contribution in [1.82, 2.24) is 4.90 Å². The van der Waals surface area contributed by atoms with Crippen LogP contribution in [0.1, 0.15) is 23.2 Å². The first-order valence-corrected chi connectivity index (χ1v) is 10.5. The van der Waals surface area contributed by atoms with E-state index in [0.717, 1.165) is 30.8 Å². The highest BCUT2D eigenvalue weighted by Gasteiger charge is 2.36. The minimum absolute atomic E-state index is 0.00584. The predicted molar refractivity (Wildman–Crippen MR) is 117 cm³/mol. The summed E-state index contributed by atoms with van der Waals surface area (Å²) in [4.78, 5) is 41.9. The summed E-state index contributed by atoms with van der Waals surface area (Å²) in [6.07, 6.45) is 1.86. The summed E-state index contributed by atoms with van der Waals surface area (Å²) >= 11 is 0. The zero-order valence-corrected chi connectivity index (χ0v) is 17.0. The standard InChI is InChI=1S/C22H23N5O4/c28-21-20-2-1-9-26(20)19-8-3-15(14-18(19)23-21)22(29)25-12-10-24(11-13-25)16-4-6-17(7-5-16)27(30)31/h3-8,14,20H,1-2,9-13H2,(H,23,28)/t20-/m1/s1. The number of nitro groups is 1. The highest BCUT2D eigenvalue weighted by Crippen LogP contribution is 2.37. The van der Waals surface area contributed by atoms with Gasteiger partial charge >= 0.3 is 0 Å². The number of carbonyl (C=O) groups excluding carboxylic acids is 2. The normalized spacial score (nSPS) is 20.2. The number of anilines is 3. The number of piperazine rings is 1. The van der Waals surface area contributed by atoms with Gasteiger partial charge in [-0.25, -0.2) is 0 Å². The molecule has 0 aromatic heterocycles. The zero-order valence-electron chi connectivity index (χ0n) is 17.0. The van der Waals surface area contributed by atoms with Gasteiger partial charge < -0.3 is 20.0 Å². The average Bonchev–Trinajstić information content (AvgIpc) is 3.29. The molecule has 2 fully saturated rings. The van der Waals surface area contributed by atoms with E-state index in [2.05, 4.69) is 15.1 Å². The Labute approximate surface area is 179 Å². The van der Waals surface area contributed by atoms with Gasteiger partial charge in [0.05, 0.1) is 16.3 Å². The summed E-state index contributed by atoms with van der Waals surface area (Å²) in [5, 5.41) is 13.8. The van der Waals surface area contributed by atoms with Crippen LogP contribution in [0, 0.1) is 10.1 Å². The molecule has 1 N–H and O–H groups in total. The van der Waals surface area contributed by atoms with E-state index in [-0.39, 0.29) is 23.5 Å². The van der Waals surface area contributed by atoms with Crippen LogP contribution in [0.25, 0.3) is 0 Å². The number of nitrogens with one attached hydrogen (secondary N) is 1. The van der Waals surface area contributed by atoms with E-state index in [0.29, 0.717) is 37.4 Å². The lowest BCUT2D eigenvalue weighted by Gasteiger charge is -2.36. The highest BCUT2D eigenvalue weighted by atomic mass is 16.6. The van der Waals surface area contributed by atoms with Gasteiger partial charge in [-0.2, -0.15) is 0 Å². The maximum absolute atomic E-state index is 13.1. The van der Waals surface area contributed by atoms with Crippen molar-refractivity contribution in [2.45, 2.75) is 18.9 Å². The highest BCUT2D eigenvalue weighted by molar-refractivity contribution is 6.06. The van der Waals surface area contributed by atoms with Crippen LogP contribution in [0.4, 0.5) is 22.7 Å². The van der Waals surface area contributed by atoms with E-state index in [4.69, 9.17) is 0 Å². The molecule has 2 aromatic carbocycles. The largest absolute Gasteiger partial charge is 0.368 e. The van der Waals surface area contributed by atoms with Crippen molar-refractivity contribution in [3.63, 3.8) is 0 Å². The maximum atomic E-state index is 13.1. The number of nitrogens with zero attached hydrogens (tertiary/aromatic N) is 4. The third kappa shape index (κ3) is 3.45. The van der Waals surface area contributed by atoms with E-state index in [1.807, 2.05) is 17.0 Å². The van der Waals surface area contributed by atoms with Gasteiger partial charge in [0.15, 0.2) is 0 Å². The fraction of sp³-hybridized carbons (Fsp3) is 0.364. The summed E-state index contributed by atoms with van der Waals surface area (Å²) in [7, 11) is 0. The van der Waals surface area contributed by atoms with Crippen LogP contribution in [0.3, 0.4) is 0 Å². The van der Waals surface area contributed by atoms with E-state index in [1.165, 1.54) is 12.1 Å². The lowest BCUT2D eigenvalue weighted by molar-refractivity contribution is -0.384. The maximum Gasteiger partial charge on any atom is 0.269 e. The van der Waals surface area contributed by atoms with Crippen molar-refractivity contribution >= 4 is 34.6 Å². The minimum Gasteiger partial charge on any atom is -0.368 e. The fourth-order valence-corrected chi connectivity index (χ4v) is 4.70. The molecule has 3 aliphatic rings. The number of amides is 2. The number of non-ortho nitro benzene ring substituents is 1. The number of benzene rings is 2. The second kappa shape index (κ2) is 7.57. The van der Waals surface area contributed by atoms with Gasteiger partial charge in [0.1, 0.15) is 6.04 Å². The summed E-state index contributed by atoms with van der Waals surface area (Å²) in [5.41, 5.74) is 3.24. The molecule has 2 aromatic rings. The van der Waals surface area contributed by atoms with Crippen LogP contribution >= 0.6 is 0 Å². The quantitative estimate of drug-likeness (QED) is 0.604. The van der Waals surface area contributed by atoms with Crippen molar-refractivity contribution in [1.29, 1.82) is 0 Å². The molecule has 3 heterocycles. The molecule has 0 bridgehead atoms. The summed E-state index contributed by atoms with van der Waals surface area (Å²) < 4.78 is 0. The predicted octanol–water partition coefficient (Wildman–Crippen LogP) is 2.48. The third-order valence-electron chi connectivity index (χ3n) is 6.36. The molecule has 0 spiro atoms. The molecule has 0 radical (unpaired) electrons. The first-order chi connectivity index (χ1) is 15.0. The molecular formula is C22H23N5O4. The van der Waals surface area contributed by atoms with Gasteiger partial charge in [-0.3, -0.25) is 19.7 Å². The molecule has 0 unspecified atom stereocenters. The number of nitro benzene ring substituents is 1. The molecule has 3 aliphatic heterocycles. The lowest BCUT2D eigenvalue weighted by atomic mass is 10.1. The number of fused-ring (bicyclic) bond motifs is 3. The third-order valence-corrected chi connectivity index (χ3v) is 6.36. The molecule has 1 atom stereocenters. The average molecular weight is 421 g/mol. The monoisotopic (exact) mass is 421 g/mol.